The molecule has 1 aromatic carbocycles. The number of benzene rings is 1. The molecule has 4 fully saturated rings. The fourth-order valence-electron chi connectivity index (χ4n) is 9.04. The Morgan fingerprint density at radius 1 is 0.957 bits per heavy atom. The summed E-state index contributed by atoms with van der Waals surface area (Å²) >= 11 is 1.96. The molecule has 0 radical (unpaired) electrons. The number of carboxylic acid groups (broad SMARTS) is 3. The molecule has 9 atom stereocenters. The first kappa shape index (κ1) is 56.0. The quantitative estimate of drug-likeness (QED) is 0.0361. The summed E-state index contributed by atoms with van der Waals surface area (Å²) in [5.41, 5.74) is 0.667. The van der Waals surface area contributed by atoms with Crippen LogP contribution in [0.3, 0.4) is 0 Å². The number of amides is 2. The SMILES string of the molecule is C=C1CC2CSC(CCCCC(=O)N(C)C[C@H](C(=O)O)N3CCN(CC(=O)O)CCN(CCNC(=O)OCc4ccc(OC5OC(CO)C(O)C(O)C5O)c([N+](=O)[O-])c4)CCN(CC(=O)O)CC3)C2N1. The van der Waals surface area contributed by atoms with Crippen molar-refractivity contribution in [1.29, 1.82) is 0 Å². The molecule has 5 rings (SSSR count). The topological polar surface area (TPSA) is 338 Å². The summed E-state index contributed by atoms with van der Waals surface area (Å²) in [6.07, 6.45) is -5.37. The number of alkyl carbamates (subject to hydrolysis) is 1. The van der Waals surface area contributed by atoms with Crippen molar-refractivity contribution in [1.82, 2.24) is 35.1 Å². The number of fused-ring (bicyclic) bond motifs is 1. The number of allylic oxidation sites excluding steroid dienone is 1. The summed E-state index contributed by atoms with van der Waals surface area (Å²) in [6.45, 7) is 3.91. The van der Waals surface area contributed by atoms with Crippen LogP contribution in [0.1, 0.15) is 37.7 Å². The van der Waals surface area contributed by atoms with E-state index in [0.717, 1.165) is 42.8 Å². The number of carbonyl (C=O) groups excluding carboxylic acids is 2. The third-order valence-corrected chi connectivity index (χ3v) is 14.6. The average molecular weight is 1010 g/mol. The number of likely N-dealkylation sites (N-methyl/N-ethyl adjacent to an activating group) is 1. The van der Waals surface area contributed by atoms with Gasteiger partial charge in [-0.3, -0.25) is 48.9 Å². The summed E-state index contributed by atoms with van der Waals surface area (Å²) < 4.78 is 16.0. The number of thioether (sulfide) groups is 1. The number of nitrogens with one attached hydrogen (secondary N) is 2. The standard InChI is InChI=1S/C44H68N8O17S/c1-27-19-29-26-70-34(38(29)46-27)5-3-4-6-35(54)47(2)21-31(42(62)63)51-17-15-49(22-36(55)56)13-11-48(12-14-50(16-18-51)23-37(57)58)10-9-45-44(64)67-25-28-7-8-32(30(20-28)52(65)66)68-43-41(61)40(60)39(59)33(24-53)69-43/h7-8,20,29,31,33-34,38-41,43,46,53,59-61H,1,3-6,9-19,21-26H2,2H3,(H,45,64)(H,55,56)(H,57,58)(H,62,63)/t29?,31-,33?,34?,38?,39?,40?,41?,43?/m1/s1. The molecule has 1 aromatic rings. The second kappa shape index (κ2) is 27.1. The van der Waals surface area contributed by atoms with Crippen LogP contribution in [0.25, 0.3) is 0 Å². The van der Waals surface area contributed by atoms with Crippen molar-refractivity contribution in [2.45, 2.75) is 86.8 Å². The number of ether oxygens (including phenoxy) is 3. The number of nitro groups is 1. The normalized spacial score (nSPS) is 26.7. The number of rotatable bonds is 22. The fraction of sp³-hybridized carbons (Fsp3) is 0.705. The average Bonchev–Trinajstić information content (AvgIpc) is 3.87. The molecule has 70 heavy (non-hydrogen) atoms. The summed E-state index contributed by atoms with van der Waals surface area (Å²) in [5, 5.41) is 88.3. The predicted octanol–water partition coefficient (Wildman–Crippen LogP) is -1.53. The first-order valence-corrected chi connectivity index (χ1v) is 24.4. The Balaban J connectivity index is 1.13. The van der Waals surface area contributed by atoms with Gasteiger partial charge in [0.2, 0.25) is 12.2 Å². The van der Waals surface area contributed by atoms with Crippen LogP contribution in [0.4, 0.5) is 10.5 Å². The van der Waals surface area contributed by atoms with Crippen molar-refractivity contribution in [3.63, 3.8) is 0 Å². The number of nitrogens with zero attached hydrogens (tertiary/aromatic N) is 6. The molecule has 25 nitrogen and oxygen atoms in total. The first-order valence-electron chi connectivity index (χ1n) is 23.4. The molecule has 0 spiro atoms. The van der Waals surface area contributed by atoms with E-state index >= 15 is 0 Å². The van der Waals surface area contributed by atoms with Crippen LogP contribution in [0.15, 0.2) is 30.5 Å². The van der Waals surface area contributed by atoms with E-state index in [4.69, 9.17) is 14.2 Å². The number of nitro benzene ring substituents is 1. The van der Waals surface area contributed by atoms with Gasteiger partial charge in [0.05, 0.1) is 24.6 Å². The molecule has 4 heterocycles. The molecule has 0 aliphatic carbocycles. The number of unbranched alkanes of at least 4 members (excludes halogenated alkanes) is 1. The van der Waals surface area contributed by atoms with Gasteiger partial charge in [-0.1, -0.05) is 19.1 Å². The number of hydrogen-bond donors (Lipinski definition) is 9. The molecular formula is C44H68N8O17S. The van der Waals surface area contributed by atoms with E-state index < -0.39 is 84.6 Å². The maximum atomic E-state index is 13.3. The molecule has 4 aliphatic rings. The second-order valence-electron chi connectivity index (χ2n) is 18.1. The van der Waals surface area contributed by atoms with Crippen molar-refractivity contribution >= 4 is 47.4 Å². The molecule has 4 saturated heterocycles. The van der Waals surface area contributed by atoms with Crippen molar-refractivity contribution in [3.8, 4) is 5.75 Å². The van der Waals surface area contributed by atoms with Gasteiger partial charge in [0.1, 0.15) is 37.1 Å². The van der Waals surface area contributed by atoms with Crippen LogP contribution in [0, 0.1) is 16.0 Å². The van der Waals surface area contributed by atoms with E-state index in [1.165, 1.54) is 11.0 Å². The van der Waals surface area contributed by atoms with Crippen molar-refractivity contribution in [3.05, 3.63) is 46.2 Å². The zero-order chi connectivity index (χ0) is 51.1. The van der Waals surface area contributed by atoms with Crippen molar-refractivity contribution in [2.75, 3.05) is 104 Å². The number of hydrogen-bond acceptors (Lipinski definition) is 20. The second-order valence-corrected chi connectivity index (χ2v) is 19.4. The third kappa shape index (κ3) is 16.6. The molecule has 8 unspecified atom stereocenters. The molecule has 0 bridgehead atoms. The molecule has 4 aliphatic heterocycles. The lowest BCUT2D eigenvalue weighted by Crippen LogP contribution is -2.60. The van der Waals surface area contributed by atoms with Crippen LogP contribution >= 0.6 is 11.8 Å². The minimum Gasteiger partial charge on any atom is -0.480 e. The summed E-state index contributed by atoms with van der Waals surface area (Å²) in [5.74, 6) is -2.23. The Labute approximate surface area is 409 Å². The van der Waals surface area contributed by atoms with E-state index in [0.29, 0.717) is 23.6 Å². The lowest BCUT2D eigenvalue weighted by molar-refractivity contribution is -0.387. The Morgan fingerprint density at radius 2 is 1.60 bits per heavy atom. The van der Waals surface area contributed by atoms with Crippen LogP contribution in [0.2, 0.25) is 0 Å². The smallest absolute Gasteiger partial charge is 0.407 e. The highest BCUT2D eigenvalue weighted by Gasteiger charge is 2.45. The van der Waals surface area contributed by atoms with Crippen LogP contribution in [-0.2, 0) is 35.3 Å². The Kier molecular flexibility index (Phi) is 21.7. The van der Waals surface area contributed by atoms with E-state index in [1.54, 1.807) is 21.7 Å². The van der Waals surface area contributed by atoms with E-state index in [2.05, 4.69) is 17.2 Å². The van der Waals surface area contributed by atoms with E-state index in [1.807, 2.05) is 16.7 Å². The van der Waals surface area contributed by atoms with Crippen LogP contribution in [0.5, 0.6) is 5.75 Å². The molecule has 0 saturated carbocycles. The predicted molar refractivity (Wildman–Crippen MR) is 250 cm³/mol. The molecule has 0 aromatic heterocycles. The van der Waals surface area contributed by atoms with Gasteiger partial charge in [-0.05, 0) is 42.6 Å². The van der Waals surface area contributed by atoms with Crippen LogP contribution < -0.4 is 15.4 Å². The molecule has 392 valence electrons. The Hall–Kier alpha value is -4.90. The molecular weight excluding hydrogens is 945 g/mol. The van der Waals surface area contributed by atoms with Gasteiger partial charge in [0.25, 0.3) is 0 Å². The number of aliphatic carboxylic acids is 3. The fourth-order valence-corrected chi connectivity index (χ4v) is 10.7. The summed E-state index contributed by atoms with van der Waals surface area (Å²) in [4.78, 5) is 82.2. The van der Waals surface area contributed by atoms with Gasteiger partial charge in [-0.25, -0.2) is 4.79 Å². The van der Waals surface area contributed by atoms with Gasteiger partial charge in [-0.15, -0.1) is 0 Å². The van der Waals surface area contributed by atoms with Crippen molar-refractivity contribution in [2.24, 2.45) is 5.92 Å². The zero-order valence-electron chi connectivity index (χ0n) is 39.3. The summed E-state index contributed by atoms with van der Waals surface area (Å²) in [7, 11) is 1.57. The Morgan fingerprint density at radius 3 is 2.21 bits per heavy atom. The number of aliphatic hydroxyl groups excluding tert-OH is 4. The van der Waals surface area contributed by atoms with Gasteiger partial charge >= 0.3 is 29.7 Å². The first-order chi connectivity index (χ1) is 33.3. The maximum absolute atomic E-state index is 13.3. The zero-order valence-corrected chi connectivity index (χ0v) is 40.1. The van der Waals surface area contributed by atoms with Gasteiger partial charge in [0, 0.05) is 109 Å². The molecule has 26 heteroatoms. The van der Waals surface area contributed by atoms with Gasteiger partial charge in [0.15, 0.2) is 5.75 Å². The molecule has 9 N–H and O–H groups in total. The minimum atomic E-state index is -1.81. The van der Waals surface area contributed by atoms with Crippen LogP contribution in [-0.4, -0.2) is 248 Å². The van der Waals surface area contributed by atoms with E-state index in [9.17, 15) is 69.8 Å². The lowest BCUT2D eigenvalue weighted by atomic mass is 9.97. The number of aliphatic hydroxyl groups is 4. The number of carboxylic acids is 3. The van der Waals surface area contributed by atoms with E-state index in [-0.39, 0.29) is 109 Å². The monoisotopic (exact) mass is 1010 g/mol. The minimum absolute atomic E-state index is 0.0392. The third-order valence-electron chi connectivity index (χ3n) is 13.0. The number of carbonyl (C=O) groups is 5. The highest BCUT2D eigenvalue weighted by molar-refractivity contribution is 8.00. The van der Waals surface area contributed by atoms with Crippen molar-refractivity contribution < 1.29 is 78.9 Å². The van der Waals surface area contributed by atoms with Gasteiger partial charge < -0.3 is 65.5 Å². The summed E-state index contributed by atoms with van der Waals surface area (Å²) in [6, 6.07) is 2.84. The highest BCUT2D eigenvalue weighted by Crippen LogP contribution is 2.41. The largest absolute Gasteiger partial charge is 0.480 e. The lowest BCUT2D eigenvalue weighted by Gasteiger charge is -2.39. The van der Waals surface area contributed by atoms with Gasteiger partial charge in [-0.2, -0.15) is 11.8 Å². The molecule has 2 amide bonds. The Bertz CT molecular complexity index is 1940. The maximum Gasteiger partial charge on any atom is 0.407 e. The highest BCUT2D eigenvalue weighted by atomic mass is 32.2.